The average molecular weight is 333 g/mol. The molecule has 5 heteroatoms. The van der Waals surface area contributed by atoms with Crippen molar-refractivity contribution >= 4 is 17.6 Å². The number of anilines is 1. The molecule has 2 aromatic carbocycles. The lowest BCUT2D eigenvalue weighted by molar-refractivity contribution is 0.626. The van der Waals surface area contributed by atoms with Crippen LogP contribution < -0.4 is 11.3 Å². The molecule has 0 spiro atoms. The van der Waals surface area contributed by atoms with E-state index in [4.69, 9.17) is 5.73 Å². The van der Waals surface area contributed by atoms with Crippen LogP contribution in [0, 0.1) is 5.82 Å². The number of nitrogens with one attached hydrogen (secondary N) is 1. The number of halogens is 1. The molecular formula is C20H16FN3O. The molecule has 1 unspecified atom stereocenters. The second kappa shape index (κ2) is 6.02. The van der Waals surface area contributed by atoms with Crippen LogP contribution in [0.2, 0.25) is 0 Å². The molecule has 4 rings (SSSR count). The van der Waals surface area contributed by atoms with E-state index in [1.165, 1.54) is 12.1 Å². The third-order valence-corrected chi connectivity index (χ3v) is 4.50. The van der Waals surface area contributed by atoms with Gasteiger partial charge in [-0.1, -0.05) is 42.5 Å². The summed E-state index contributed by atoms with van der Waals surface area (Å²) in [6.45, 7) is 0. The van der Waals surface area contributed by atoms with Gasteiger partial charge < -0.3 is 5.73 Å². The van der Waals surface area contributed by atoms with Crippen molar-refractivity contribution in [2.75, 3.05) is 5.73 Å². The van der Waals surface area contributed by atoms with Gasteiger partial charge in [-0.05, 0) is 41.3 Å². The number of allylic oxidation sites excluding steroid dienone is 1. The number of hydrogen-bond donors (Lipinski definition) is 2. The molecular weight excluding hydrogens is 317 g/mol. The topological polar surface area (TPSA) is 71.8 Å². The van der Waals surface area contributed by atoms with Crippen molar-refractivity contribution in [1.29, 1.82) is 0 Å². The first kappa shape index (κ1) is 15.3. The van der Waals surface area contributed by atoms with E-state index in [0.717, 1.165) is 16.7 Å². The Hall–Kier alpha value is -3.21. The quantitative estimate of drug-likeness (QED) is 0.753. The van der Waals surface area contributed by atoms with Crippen LogP contribution in [0.5, 0.6) is 0 Å². The van der Waals surface area contributed by atoms with Crippen LogP contribution in [0.25, 0.3) is 11.6 Å². The third-order valence-electron chi connectivity index (χ3n) is 4.50. The molecule has 0 saturated heterocycles. The van der Waals surface area contributed by atoms with Gasteiger partial charge in [-0.15, -0.1) is 0 Å². The fourth-order valence-corrected chi connectivity index (χ4v) is 3.34. The van der Waals surface area contributed by atoms with Gasteiger partial charge >= 0.3 is 0 Å². The van der Waals surface area contributed by atoms with E-state index in [-0.39, 0.29) is 23.2 Å². The molecule has 25 heavy (non-hydrogen) atoms. The summed E-state index contributed by atoms with van der Waals surface area (Å²) >= 11 is 0. The number of rotatable bonds is 2. The van der Waals surface area contributed by atoms with Gasteiger partial charge in [-0.3, -0.25) is 9.78 Å². The summed E-state index contributed by atoms with van der Waals surface area (Å²) in [5.41, 5.74) is 9.63. The highest BCUT2D eigenvalue weighted by Gasteiger charge is 2.27. The lowest BCUT2D eigenvalue weighted by Gasteiger charge is -2.25. The third kappa shape index (κ3) is 2.85. The molecule has 1 aliphatic rings. The smallest absolute Gasteiger partial charge is 0.256 e. The number of hydrogen-bond acceptors (Lipinski definition) is 3. The Bertz CT molecular complexity index is 1010. The molecule has 0 bridgehead atoms. The lowest BCUT2D eigenvalue weighted by Crippen LogP contribution is -2.24. The van der Waals surface area contributed by atoms with Gasteiger partial charge in [0, 0.05) is 5.92 Å². The standard InChI is InChI=1S/C20H16FN3O/c21-15-8-6-13(7-9-15)16-10-14(12-4-2-1-3-5-12)11-17-18(16)19(25)24-20(22)23-17/h1-9,11,16H,10H2,(H3,22,23,24,25). The molecule has 4 nitrogen and oxygen atoms in total. The minimum Gasteiger partial charge on any atom is -0.369 e. The maximum absolute atomic E-state index is 13.3. The van der Waals surface area contributed by atoms with Crippen LogP contribution in [0.15, 0.2) is 59.4 Å². The zero-order chi connectivity index (χ0) is 17.4. The van der Waals surface area contributed by atoms with Crippen LogP contribution >= 0.6 is 0 Å². The normalized spacial score (nSPS) is 16.2. The molecule has 3 N–H and O–H groups in total. The second-order valence-electron chi connectivity index (χ2n) is 6.09. The van der Waals surface area contributed by atoms with Crippen molar-refractivity contribution in [3.05, 3.63) is 93.2 Å². The van der Waals surface area contributed by atoms with Gasteiger partial charge in [0.25, 0.3) is 5.56 Å². The molecule has 1 heterocycles. The monoisotopic (exact) mass is 333 g/mol. The number of H-pyrrole nitrogens is 1. The van der Waals surface area contributed by atoms with Crippen LogP contribution in [0.3, 0.4) is 0 Å². The highest BCUT2D eigenvalue weighted by atomic mass is 19.1. The van der Waals surface area contributed by atoms with Gasteiger partial charge in [-0.25, -0.2) is 9.37 Å². The highest BCUT2D eigenvalue weighted by Crippen LogP contribution is 2.39. The number of benzene rings is 2. The molecule has 124 valence electrons. The van der Waals surface area contributed by atoms with Gasteiger partial charge in [0.15, 0.2) is 0 Å². The zero-order valence-electron chi connectivity index (χ0n) is 13.4. The summed E-state index contributed by atoms with van der Waals surface area (Å²) in [6.07, 6.45) is 2.55. The van der Waals surface area contributed by atoms with E-state index in [1.54, 1.807) is 12.1 Å². The molecule has 1 aromatic heterocycles. The Labute approximate surface area is 143 Å². The van der Waals surface area contributed by atoms with E-state index in [9.17, 15) is 9.18 Å². The summed E-state index contributed by atoms with van der Waals surface area (Å²) in [5, 5.41) is 0. The fourth-order valence-electron chi connectivity index (χ4n) is 3.34. The predicted octanol–water partition coefficient (Wildman–Crippen LogP) is 3.57. The number of aromatic amines is 1. The summed E-state index contributed by atoms with van der Waals surface area (Å²) in [4.78, 5) is 19.4. The predicted molar refractivity (Wildman–Crippen MR) is 96.4 cm³/mol. The molecule has 0 saturated carbocycles. The van der Waals surface area contributed by atoms with Crippen molar-refractivity contribution in [2.24, 2.45) is 0 Å². The number of nitrogens with two attached hydrogens (primary N) is 1. The molecule has 1 atom stereocenters. The summed E-state index contributed by atoms with van der Waals surface area (Å²) < 4.78 is 13.3. The van der Waals surface area contributed by atoms with E-state index in [0.29, 0.717) is 17.7 Å². The number of fused-ring (bicyclic) bond motifs is 1. The number of nitrogen functional groups attached to an aromatic ring is 1. The minimum atomic E-state index is -0.303. The van der Waals surface area contributed by atoms with Gasteiger partial charge in [0.05, 0.1) is 11.3 Å². The maximum atomic E-state index is 13.3. The van der Waals surface area contributed by atoms with Crippen molar-refractivity contribution in [2.45, 2.75) is 12.3 Å². The Morgan fingerprint density at radius 1 is 1.08 bits per heavy atom. The lowest BCUT2D eigenvalue weighted by atomic mass is 9.79. The Balaban J connectivity index is 1.91. The van der Waals surface area contributed by atoms with E-state index >= 15 is 0 Å². The summed E-state index contributed by atoms with van der Waals surface area (Å²) in [6, 6.07) is 16.2. The minimum absolute atomic E-state index is 0.0900. The van der Waals surface area contributed by atoms with Gasteiger partial charge in [-0.2, -0.15) is 0 Å². The second-order valence-corrected chi connectivity index (χ2v) is 6.09. The van der Waals surface area contributed by atoms with Gasteiger partial charge in [0.1, 0.15) is 5.82 Å². The first-order valence-electron chi connectivity index (χ1n) is 8.03. The van der Waals surface area contributed by atoms with Crippen LogP contribution in [0.4, 0.5) is 10.3 Å². The zero-order valence-corrected chi connectivity index (χ0v) is 13.4. The highest BCUT2D eigenvalue weighted by molar-refractivity contribution is 5.84. The maximum Gasteiger partial charge on any atom is 0.256 e. The van der Waals surface area contributed by atoms with Crippen molar-refractivity contribution < 1.29 is 4.39 Å². The number of nitrogens with zero attached hydrogens (tertiary/aromatic N) is 1. The molecule has 1 aliphatic carbocycles. The van der Waals surface area contributed by atoms with E-state index < -0.39 is 0 Å². The Kier molecular flexibility index (Phi) is 3.69. The molecule has 0 amide bonds. The fraction of sp³-hybridized carbons (Fsp3) is 0.100. The molecule has 3 aromatic rings. The Morgan fingerprint density at radius 3 is 2.52 bits per heavy atom. The molecule has 0 aliphatic heterocycles. The van der Waals surface area contributed by atoms with Crippen LogP contribution in [0.1, 0.15) is 34.7 Å². The molecule has 0 fully saturated rings. The van der Waals surface area contributed by atoms with E-state index in [2.05, 4.69) is 9.97 Å². The summed E-state index contributed by atoms with van der Waals surface area (Å²) in [5.74, 6) is -0.414. The summed E-state index contributed by atoms with van der Waals surface area (Å²) in [7, 11) is 0. The first-order chi connectivity index (χ1) is 12.1. The van der Waals surface area contributed by atoms with E-state index in [1.807, 2.05) is 36.4 Å². The first-order valence-corrected chi connectivity index (χ1v) is 8.03. The SMILES string of the molecule is Nc1nc2c(c(=O)[nH]1)C(c1ccc(F)cc1)CC(c1ccccc1)=C2. The van der Waals surface area contributed by atoms with Crippen molar-refractivity contribution in [3.63, 3.8) is 0 Å². The average Bonchev–Trinajstić information content (AvgIpc) is 2.62. The van der Waals surface area contributed by atoms with Crippen molar-refractivity contribution in [3.8, 4) is 0 Å². The van der Waals surface area contributed by atoms with Gasteiger partial charge in [0.2, 0.25) is 5.95 Å². The van der Waals surface area contributed by atoms with Crippen LogP contribution in [-0.2, 0) is 0 Å². The number of aromatic nitrogens is 2. The van der Waals surface area contributed by atoms with Crippen molar-refractivity contribution in [1.82, 2.24) is 9.97 Å². The Morgan fingerprint density at radius 2 is 1.80 bits per heavy atom. The molecule has 0 radical (unpaired) electrons. The van der Waals surface area contributed by atoms with Crippen LogP contribution in [-0.4, -0.2) is 9.97 Å². The largest absolute Gasteiger partial charge is 0.369 e.